The Hall–Kier alpha value is -4.18. The standard InChI is InChI=1S/C27H25N3O6S/c1-33-20-9-7-18(8-10-20)29-27-30(15-17-6-11-22-23(12-17)36-16-35-22)26(32)24(37-27)14-25(31)28-19-4-3-5-21(13-19)34-2/h3-13,24H,14-16H2,1-2H3,(H,28,31)/t24-/m0/s1. The van der Waals surface area contributed by atoms with Gasteiger partial charge in [-0.15, -0.1) is 0 Å². The minimum absolute atomic E-state index is 0.0000186. The summed E-state index contributed by atoms with van der Waals surface area (Å²) in [6.07, 6.45) is -0.0000186. The van der Waals surface area contributed by atoms with Gasteiger partial charge in [-0.2, -0.15) is 0 Å². The zero-order chi connectivity index (χ0) is 25.8. The molecule has 0 unspecified atom stereocenters. The summed E-state index contributed by atoms with van der Waals surface area (Å²) >= 11 is 1.28. The van der Waals surface area contributed by atoms with Crippen molar-refractivity contribution in [1.29, 1.82) is 0 Å². The molecular weight excluding hydrogens is 494 g/mol. The van der Waals surface area contributed by atoms with Gasteiger partial charge in [0.15, 0.2) is 16.7 Å². The zero-order valence-electron chi connectivity index (χ0n) is 20.3. The molecule has 0 aromatic heterocycles. The van der Waals surface area contributed by atoms with Crippen LogP contribution >= 0.6 is 11.8 Å². The second-order valence-electron chi connectivity index (χ2n) is 8.30. The van der Waals surface area contributed by atoms with E-state index in [1.54, 1.807) is 43.4 Å². The number of benzene rings is 3. The van der Waals surface area contributed by atoms with Crippen molar-refractivity contribution in [3.8, 4) is 23.0 Å². The first-order chi connectivity index (χ1) is 18.0. The van der Waals surface area contributed by atoms with Crippen LogP contribution in [0, 0.1) is 0 Å². The molecule has 1 N–H and O–H groups in total. The molecule has 0 spiro atoms. The molecule has 9 nitrogen and oxygen atoms in total. The van der Waals surface area contributed by atoms with Crippen LogP contribution in [0.1, 0.15) is 12.0 Å². The lowest BCUT2D eigenvalue weighted by Crippen LogP contribution is -2.33. The summed E-state index contributed by atoms with van der Waals surface area (Å²) in [5, 5.41) is 2.75. The van der Waals surface area contributed by atoms with Crippen LogP contribution in [0.25, 0.3) is 0 Å². The van der Waals surface area contributed by atoms with Crippen LogP contribution in [0.4, 0.5) is 11.4 Å². The van der Waals surface area contributed by atoms with Crippen LogP contribution in [0.15, 0.2) is 71.7 Å². The van der Waals surface area contributed by atoms with Gasteiger partial charge in [-0.05, 0) is 54.1 Å². The van der Waals surface area contributed by atoms with E-state index in [4.69, 9.17) is 23.9 Å². The van der Waals surface area contributed by atoms with Crippen molar-refractivity contribution >= 4 is 40.1 Å². The van der Waals surface area contributed by atoms with Crippen LogP contribution in [-0.2, 0) is 16.1 Å². The minimum atomic E-state index is -0.614. The molecule has 0 radical (unpaired) electrons. The number of nitrogens with zero attached hydrogens (tertiary/aromatic N) is 2. The van der Waals surface area contributed by atoms with E-state index in [2.05, 4.69) is 5.32 Å². The lowest BCUT2D eigenvalue weighted by molar-refractivity contribution is -0.128. The normalized spacial score (nSPS) is 17.2. The first kappa shape index (κ1) is 24.5. The van der Waals surface area contributed by atoms with Gasteiger partial charge in [0.05, 0.1) is 26.5 Å². The van der Waals surface area contributed by atoms with Gasteiger partial charge >= 0.3 is 0 Å². The molecule has 0 aliphatic carbocycles. The molecule has 1 atom stereocenters. The Morgan fingerprint density at radius 3 is 2.59 bits per heavy atom. The predicted molar refractivity (Wildman–Crippen MR) is 141 cm³/mol. The van der Waals surface area contributed by atoms with Crippen molar-refractivity contribution in [3.63, 3.8) is 0 Å². The topological polar surface area (TPSA) is 98.7 Å². The fourth-order valence-electron chi connectivity index (χ4n) is 3.94. The third-order valence-electron chi connectivity index (χ3n) is 5.82. The van der Waals surface area contributed by atoms with Gasteiger partial charge in [-0.1, -0.05) is 23.9 Å². The van der Waals surface area contributed by atoms with Crippen LogP contribution < -0.4 is 24.3 Å². The molecule has 2 aliphatic rings. The molecule has 10 heteroatoms. The molecule has 0 bridgehead atoms. The number of ether oxygens (including phenoxy) is 4. The first-order valence-corrected chi connectivity index (χ1v) is 12.4. The Morgan fingerprint density at radius 2 is 1.81 bits per heavy atom. The average Bonchev–Trinajstić information content (AvgIpc) is 3.49. The molecule has 3 aromatic rings. The molecule has 0 saturated carbocycles. The van der Waals surface area contributed by atoms with Crippen molar-refractivity contribution in [2.24, 2.45) is 4.99 Å². The molecule has 5 rings (SSSR count). The molecule has 2 heterocycles. The number of methoxy groups -OCH3 is 2. The van der Waals surface area contributed by atoms with Gasteiger partial charge < -0.3 is 24.3 Å². The number of hydrogen-bond donors (Lipinski definition) is 1. The van der Waals surface area contributed by atoms with Crippen LogP contribution in [0.3, 0.4) is 0 Å². The second kappa shape index (κ2) is 10.8. The summed E-state index contributed by atoms with van der Waals surface area (Å²) in [5.74, 6) is 2.20. The summed E-state index contributed by atoms with van der Waals surface area (Å²) in [6, 6.07) is 19.9. The lowest BCUT2D eigenvalue weighted by atomic mass is 10.1. The summed E-state index contributed by atoms with van der Waals surface area (Å²) < 4.78 is 21.3. The van der Waals surface area contributed by atoms with Crippen LogP contribution in [-0.4, -0.2) is 48.1 Å². The molecule has 2 aliphatic heterocycles. The summed E-state index contributed by atoms with van der Waals surface area (Å²) in [4.78, 5) is 32.6. The van der Waals surface area contributed by atoms with Gasteiger partial charge in [-0.25, -0.2) is 4.99 Å². The van der Waals surface area contributed by atoms with Crippen molar-refractivity contribution in [2.45, 2.75) is 18.2 Å². The third kappa shape index (κ3) is 5.64. The number of thioether (sulfide) groups is 1. The highest BCUT2D eigenvalue weighted by Gasteiger charge is 2.39. The number of carbonyl (C=O) groups is 2. The number of amides is 2. The molecule has 2 amide bonds. The van der Waals surface area contributed by atoms with Crippen molar-refractivity contribution in [3.05, 3.63) is 72.3 Å². The van der Waals surface area contributed by atoms with Crippen LogP contribution in [0.5, 0.6) is 23.0 Å². The molecular formula is C27H25N3O6S. The quantitative estimate of drug-likeness (QED) is 0.465. The predicted octanol–water partition coefficient (Wildman–Crippen LogP) is 4.59. The number of anilines is 1. The number of carbonyl (C=O) groups excluding carboxylic acids is 2. The van der Waals surface area contributed by atoms with E-state index in [0.717, 1.165) is 5.56 Å². The summed E-state index contributed by atoms with van der Waals surface area (Å²) in [6.45, 7) is 0.456. The Bertz CT molecular complexity index is 1340. The van der Waals surface area contributed by atoms with E-state index in [0.29, 0.717) is 39.5 Å². The van der Waals surface area contributed by atoms with E-state index < -0.39 is 5.25 Å². The largest absolute Gasteiger partial charge is 0.497 e. The third-order valence-corrected chi connectivity index (χ3v) is 6.99. The molecule has 190 valence electrons. The number of rotatable bonds is 8. The SMILES string of the molecule is COc1ccc(N=C2S[C@@H](CC(=O)Nc3cccc(OC)c3)C(=O)N2Cc2ccc3c(c2)OCO3)cc1. The van der Waals surface area contributed by atoms with Crippen molar-refractivity contribution in [1.82, 2.24) is 4.90 Å². The van der Waals surface area contributed by atoms with E-state index in [9.17, 15) is 9.59 Å². The number of hydrogen-bond acceptors (Lipinski definition) is 8. The smallest absolute Gasteiger partial charge is 0.242 e. The number of nitrogens with one attached hydrogen (secondary N) is 1. The van der Waals surface area contributed by atoms with Crippen molar-refractivity contribution in [2.75, 3.05) is 26.3 Å². The Labute approximate surface area is 218 Å². The summed E-state index contributed by atoms with van der Waals surface area (Å²) in [7, 11) is 3.16. The van der Waals surface area contributed by atoms with Gasteiger partial charge in [-0.3, -0.25) is 14.5 Å². The average molecular weight is 520 g/mol. The van der Waals surface area contributed by atoms with E-state index >= 15 is 0 Å². The Kier molecular flexibility index (Phi) is 7.18. The van der Waals surface area contributed by atoms with Crippen LogP contribution in [0.2, 0.25) is 0 Å². The molecule has 3 aromatic carbocycles. The van der Waals surface area contributed by atoms with Gasteiger partial charge in [0.2, 0.25) is 18.6 Å². The maximum atomic E-state index is 13.5. The fraction of sp³-hybridized carbons (Fsp3) is 0.222. The molecule has 1 fully saturated rings. The fourth-order valence-corrected chi connectivity index (χ4v) is 5.10. The Balaban J connectivity index is 1.36. The lowest BCUT2D eigenvalue weighted by Gasteiger charge is -2.17. The Morgan fingerprint density at radius 1 is 1.03 bits per heavy atom. The zero-order valence-corrected chi connectivity index (χ0v) is 21.1. The monoisotopic (exact) mass is 519 g/mol. The van der Waals surface area contributed by atoms with Crippen molar-refractivity contribution < 1.29 is 28.5 Å². The number of fused-ring (bicyclic) bond motifs is 1. The highest BCUT2D eigenvalue weighted by Crippen LogP contribution is 2.36. The van der Waals surface area contributed by atoms with E-state index in [-0.39, 0.29) is 31.6 Å². The number of amidine groups is 1. The first-order valence-electron chi connectivity index (χ1n) is 11.6. The maximum Gasteiger partial charge on any atom is 0.242 e. The molecule has 37 heavy (non-hydrogen) atoms. The highest BCUT2D eigenvalue weighted by atomic mass is 32.2. The second-order valence-corrected chi connectivity index (χ2v) is 9.47. The minimum Gasteiger partial charge on any atom is -0.497 e. The van der Waals surface area contributed by atoms with Gasteiger partial charge in [0, 0.05) is 18.2 Å². The highest BCUT2D eigenvalue weighted by molar-refractivity contribution is 8.15. The summed E-state index contributed by atoms with van der Waals surface area (Å²) in [5.41, 5.74) is 2.14. The van der Waals surface area contributed by atoms with Gasteiger partial charge in [0.1, 0.15) is 16.7 Å². The van der Waals surface area contributed by atoms with E-state index in [1.165, 1.54) is 11.8 Å². The van der Waals surface area contributed by atoms with Gasteiger partial charge in [0.25, 0.3) is 0 Å². The maximum absolute atomic E-state index is 13.5. The van der Waals surface area contributed by atoms with E-state index in [1.807, 2.05) is 42.5 Å². The molecule has 1 saturated heterocycles. The number of aliphatic imine (C=N–C) groups is 1.